The molecule has 0 aliphatic heterocycles. The zero-order valence-electron chi connectivity index (χ0n) is 36.4. The van der Waals surface area contributed by atoms with E-state index in [4.69, 9.17) is 9.05 Å². The number of aliphatic hydroxyl groups excluding tert-OH is 1. The van der Waals surface area contributed by atoms with Gasteiger partial charge in [0.25, 0.3) is 7.82 Å². The van der Waals surface area contributed by atoms with Crippen LogP contribution < -0.4 is 10.2 Å². The maximum Gasteiger partial charge on any atom is 0.268 e. The van der Waals surface area contributed by atoms with E-state index in [1.54, 1.807) is 6.08 Å². The Morgan fingerprint density at radius 2 is 1.04 bits per heavy atom. The lowest BCUT2D eigenvalue weighted by atomic mass is 10.0. The Bertz CT molecular complexity index is 1040. The van der Waals surface area contributed by atoms with E-state index in [-0.39, 0.29) is 12.5 Å². The quantitative estimate of drug-likeness (QED) is 0.0277. The second-order valence-electron chi connectivity index (χ2n) is 16.4. The predicted octanol–water partition coefficient (Wildman–Crippen LogP) is 11.8. The molecule has 9 heteroatoms. The van der Waals surface area contributed by atoms with Crippen LogP contribution in [0.15, 0.2) is 48.6 Å². The fourth-order valence-electron chi connectivity index (χ4n) is 6.10. The Hall–Kier alpha value is -1.54. The van der Waals surface area contributed by atoms with Crippen molar-refractivity contribution in [2.45, 2.75) is 199 Å². The second kappa shape index (κ2) is 38.0. The van der Waals surface area contributed by atoms with Gasteiger partial charge in [-0.05, 0) is 64.2 Å². The minimum Gasteiger partial charge on any atom is -0.756 e. The number of unbranched alkanes of at least 4 members (excludes halogenated alkanes) is 21. The number of rotatable bonds is 40. The smallest absolute Gasteiger partial charge is 0.268 e. The topological polar surface area (TPSA) is 108 Å². The standard InChI is InChI=1S/C46H87N2O6P/c1-6-8-10-12-14-16-18-20-21-22-23-24-25-26-27-28-30-32-34-36-38-40-46(50)47-44(43-54-55(51,52)53-42-41-48(3,4)5)45(49)39-37-35-33-31-29-19-17-15-13-11-9-7-2/h13,15,22-23,29,31,37,39,44-45,49H,6-12,14,16-21,24-28,30,32-36,38,40-43H2,1-5H3,(H-,47,50,51,52)/b15-13+,23-22-,31-29+,39-37+. The number of carbonyl (C=O) groups excluding carboxylic acids is 1. The van der Waals surface area contributed by atoms with Gasteiger partial charge in [-0.25, -0.2) is 0 Å². The maximum absolute atomic E-state index is 12.8. The van der Waals surface area contributed by atoms with E-state index in [9.17, 15) is 19.4 Å². The Labute approximate surface area is 339 Å². The van der Waals surface area contributed by atoms with Crippen molar-refractivity contribution in [1.82, 2.24) is 5.32 Å². The van der Waals surface area contributed by atoms with E-state index < -0.39 is 26.6 Å². The summed E-state index contributed by atoms with van der Waals surface area (Å²) >= 11 is 0. The van der Waals surface area contributed by atoms with Gasteiger partial charge in [0, 0.05) is 6.42 Å². The van der Waals surface area contributed by atoms with Gasteiger partial charge in [0.15, 0.2) is 0 Å². The molecule has 0 radical (unpaired) electrons. The normalized spacial score (nSPS) is 14.8. The number of allylic oxidation sites excluding steroid dienone is 7. The largest absolute Gasteiger partial charge is 0.756 e. The first-order valence-corrected chi connectivity index (χ1v) is 24.0. The van der Waals surface area contributed by atoms with Crippen molar-refractivity contribution in [2.75, 3.05) is 40.9 Å². The maximum atomic E-state index is 12.8. The van der Waals surface area contributed by atoms with Gasteiger partial charge in [0.05, 0.1) is 39.9 Å². The molecule has 0 rings (SSSR count). The molecular formula is C46H87N2O6P. The zero-order chi connectivity index (χ0) is 40.7. The Kier molecular flexibility index (Phi) is 36.9. The molecule has 0 aliphatic carbocycles. The number of phosphoric ester groups is 1. The second-order valence-corrected chi connectivity index (χ2v) is 17.8. The van der Waals surface area contributed by atoms with Crippen LogP contribution in [0.5, 0.6) is 0 Å². The number of amides is 1. The van der Waals surface area contributed by atoms with Crippen molar-refractivity contribution in [3.05, 3.63) is 48.6 Å². The Morgan fingerprint density at radius 3 is 1.53 bits per heavy atom. The lowest BCUT2D eigenvalue weighted by molar-refractivity contribution is -0.870. The van der Waals surface area contributed by atoms with Crippen LogP contribution in [-0.4, -0.2) is 68.5 Å². The van der Waals surface area contributed by atoms with Gasteiger partial charge in [0.1, 0.15) is 13.2 Å². The van der Waals surface area contributed by atoms with E-state index in [2.05, 4.69) is 55.6 Å². The number of nitrogens with zero attached hydrogens (tertiary/aromatic N) is 1. The predicted molar refractivity (Wildman–Crippen MR) is 233 cm³/mol. The van der Waals surface area contributed by atoms with E-state index in [1.807, 2.05) is 27.2 Å². The molecule has 0 spiro atoms. The number of likely N-dealkylation sites (N-methyl/N-ethyl adjacent to an activating group) is 1. The summed E-state index contributed by atoms with van der Waals surface area (Å²) in [6.45, 7) is 4.55. The van der Waals surface area contributed by atoms with Crippen molar-refractivity contribution in [2.24, 2.45) is 0 Å². The third-order valence-electron chi connectivity index (χ3n) is 9.74. The van der Waals surface area contributed by atoms with Gasteiger partial charge < -0.3 is 28.8 Å². The van der Waals surface area contributed by atoms with Crippen molar-refractivity contribution in [3.8, 4) is 0 Å². The SMILES string of the molecule is CCCC/C=C/CC/C=C/CC/C=C/C(O)C(COP(=O)([O-])OCC[N+](C)(C)C)NC(=O)CCCCCCCCCCC/C=C\CCCCCCCCCC. The average Bonchev–Trinajstić information content (AvgIpc) is 3.13. The Balaban J connectivity index is 4.37. The fraction of sp³-hybridized carbons (Fsp3) is 0.804. The molecule has 0 aromatic rings. The molecule has 8 nitrogen and oxygen atoms in total. The minimum absolute atomic E-state index is 0.0104. The molecule has 1 amide bonds. The van der Waals surface area contributed by atoms with Crippen molar-refractivity contribution < 1.29 is 32.9 Å². The summed E-state index contributed by atoms with van der Waals surface area (Å²) in [4.78, 5) is 25.3. The van der Waals surface area contributed by atoms with Gasteiger partial charge in [0.2, 0.25) is 5.91 Å². The van der Waals surface area contributed by atoms with E-state index in [0.717, 1.165) is 51.4 Å². The summed E-state index contributed by atoms with van der Waals surface area (Å²) in [6, 6.07) is -0.909. The van der Waals surface area contributed by atoms with Crippen molar-refractivity contribution in [1.29, 1.82) is 0 Å². The van der Waals surface area contributed by atoms with E-state index >= 15 is 0 Å². The molecule has 0 bridgehead atoms. The van der Waals surface area contributed by atoms with Crippen LogP contribution in [0.25, 0.3) is 0 Å². The number of hydrogen-bond donors (Lipinski definition) is 2. The van der Waals surface area contributed by atoms with Crippen LogP contribution in [0, 0.1) is 0 Å². The number of phosphoric acid groups is 1. The van der Waals surface area contributed by atoms with Crippen LogP contribution in [0.2, 0.25) is 0 Å². The van der Waals surface area contributed by atoms with Crippen LogP contribution in [0.4, 0.5) is 0 Å². The highest BCUT2D eigenvalue weighted by atomic mass is 31.2. The van der Waals surface area contributed by atoms with Gasteiger partial charge in [-0.1, -0.05) is 165 Å². The highest BCUT2D eigenvalue weighted by Crippen LogP contribution is 2.38. The summed E-state index contributed by atoms with van der Waals surface area (Å²) in [6.07, 6.45) is 47.4. The number of quaternary nitrogens is 1. The van der Waals surface area contributed by atoms with Gasteiger partial charge in [-0.3, -0.25) is 9.36 Å². The summed E-state index contributed by atoms with van der Waals surface area (Å²) in [5.74, 6) is -0.216. The molecule has 0 heterocycles. The van der Waals surface area contributed by atoms with Gasteiger partial charge in [-0.2, -0.15) is 0 Å². The number of hydrogen-bond acceptors (Lipinski definition) is 6. The molecule has 0 aromatic carbocycles. The summed E-state index contributed by atoms with van der Waals surface area (Å²) in [7, 11) is 1.23. The summed E-state index contributed by atoms with van der Waals surface area (Å²) < 4.78 is 23.1. The zero-order valence-corrected chi connectivity index (χ0v) is 37.3. The van der Waals surface area contributed by atoms with Crippen LogP contribution >= 0.6 is 7.82 Å². The molecule has 0 saturated carbocycles. The summed E-state index contributed by atoms with van der Waals surface area (Å²) in [5, 5.41) is 13.7. The highest BCUT2D eigenvalue weighted by molar-refractivity contribution is 7.45. The molecular weight excluding hydrogens is 707 g/mol. The molecule has 0 aliphatic rings. The first-order valence-electron chi connectivity index (χ1n) is 22.5. The molecule has 3 atom stereocenters. The lowest BCUT2D eigenvalue weighted by Crippen LogP contribution is -2.45. The van der Waals surface area contributed by atoms with Crippen molar-refractivity contribution in [3.63, 3.8) is 0 Å². The molecule has 2 N–H and O–H groups in total. The number of carbonyl (C=O) groups is 1. The number of aliphatic hydroxyl groups is 1. The third-order valence-corrected chi connectivity index (χ3v) is 10.7. The molecule has 0 fully saturated rings. The molecule has 0 aromatic heterocycles. The van der Waals surface area contributed by atoms with Crippen molar-refractivity contribution >= 4 is 13.7 Å². The minimum atomic E-state index is -4.60. The lowest BCUT2D eigenvalue weighted by Gasteiger charge is -2.29. The Morgan fingerprint density at radius 1 is 0.618 bits per heavy atom. The highest BCUT2D eigenvalue weighted by Gasteiger charge is 2.23. The van der Waals surface area contributed by atoms with Crippen LogP contribution in [0.1, 0.15) is 187 Å². The van der Waals surface area contributed by atoms with E-state index in [0.29, 0.717) is 17.4 Å². The van der Waals surface area contributed by atoms with Gasteiger partial charge >= 0.3 is 0 Å². The molecule has 55 heavy (non-hydrogen) atoms. The molecule has 322 valence electrons. The third kappa shape index (κ3) is 40.5. The first-order chi connectivity index (χ1) is 26.5. The molecule has 0 saturated heterocycles. The first kappa shape index (κ1) is 53.5. The van der Waals surface area contributed by atoms with Gasteiger partial charge in [-0.15, -0.1) is 0 Å². The van der Waals surface area contributed by atoms with E-state index in [1.165, 1.54) is 116 Å². The molecule has 3 unspecified atom stereocenters. The fourth-order valence-corrected chi connectivity index (χ4v) is 6.83. The number of nitrogens with one attached hydrogen (secondary N) is 1. The summed E-state index contributed by atoms with van der Waals surface area (Å²) in [5.41, 5.74) is 0. The van der Waals surface area contributed by atoms with Crippen LogP contribution in [-0.2, 0) is 18.4 Å². The average molecular weight is 795 g/mol. The van der Waals surface area contributed by atoms with Crippen LogP contribution in [0.3, 0.4) is 0 Å². The monoisotopic (exact) mass is 795 g/mol.